The van der Waals surface area contributed by atoms with Gasteiger partial charge in [0.25, 0.3) is 5.91 Å². The van der Waals surface area contributed by atoms with Gasteiger partial charge in [-0.2, -0.15) is 0 Å². The van der Waals surface area contributed by atoms with Crippen LogP contribution < -0.4 is 10.1 Å². The molecule has 1 aromatic carbocycles. The van der Waals surface area contributed by atoms with Crippen LogP contribution in [0.15, 0.2) is 34.7 Å². The van der Waals surface area contributed by atoms with E-state index in [9.17, 15) is 9.59 Å². The molecule has 7 heteroatoms. The van der Waals surface area contributed by atoms with Crippen LogP contribution in [-0.4, -0.2) is 30.1 Å². The van der Waals surface area contributed by atoms with E-state index in [1.54, 1.807) is 18.2 Å². The fourth-order valence-corrected chi connectivity index (χ4v) is 2.21. The number of carboxylic acids is 1. The predicted molar refractivity (Wildman–Crippen MR) is 84.3 cm³/mol. The van der Waals surface area contributed by atoms with Crippen LogP contribution in [0.2, 0.25) is 5.02 Å². The van der Waals surface area contributed by atoms with Gasteiger partial charge in [-0.15, -0.1) is 0 Å². The maximum absolute atomic E-state index is 11.9. The van der Waals surface area contributed by atoms with Gasteiger partial charge in [-0.05, 0) is 49.2 Å². The van der Waals surface area contributed by atoms with Crippen LogP contribution in [0.4, 0.5) is 0 Å². The third-order valence-electron chi connectivity index (χ3n) is 3.04. The Balaban J connectivity index is 1.95. The second kappa shape index (κ2) is 7.69. The van der Waals surface area contributed by atoms with Crippen LogP contribution in [0, 0.1) is 0 Å². The minimum Gasteiger partial charge on any atom is -0.494 e. The summed E-state index contributed by atoms with van der Waals surface area (Å²) in [4.78, 5) is 22.6. The third kappa shape index (κ3) is 4.50. The van der Waals surface area contributed by atoms with Crippen LogP contribution in [0.25, 0.3) is 0 Å². The van der Waals surface area contributed by atoms with Crippen LogP contribution >= 0.6 is 11.6 Å². The van der Waals surface area contributed by atoms with Crippen molar-refractivity contribution in [3.05, 3.63) is 52.4 Å². The molecule has 6 nitrogen and oxygen atoms in total. The van der Waals surface area contributed by atoms with Crippen molar-refractivity contribution in [3.8, 4) is 5.75 Å². The minimum absolute atomic E-state index is 0.0430. The number of benzene rings is 1. The van der Waals surface area contributed by atoms with Gasteiger partial charge in [-0.1, -0.05) is 11.6 Å². The number of carbonyl (C=O) groups is 2. The Morgan fingerprint density at radius 3 is 2.65 bits per heavy atom. The van der Waals surface area contributed by atoms with Gasteiger partial charge in [-0.25, -0.2) is 4.79 Å². The molecule has 1 aromatic heterocycles. The average Bonchev–Trinajstić information content (AvgIpc) is 3.00. The summed E-state index contributed by atoms with van der Waals surface area (Å²) >= 11 is 5.97. The molecule has 0 bridgehead atoms. The fraction of sp³-hybridized carbons (Fsp3) is 0.250. The number of carboxylic acid groups (broad SMARTS) is 1. The number of amides is 1. The highest BCUT2D eigenvalue weighted by Gasteiger charge is 2.14. The molecule has 0 aliphatic heterocycles. The van der Waals surface area contributed by atoms with Crippen molar-refractivity contribution in [2.75, 3.05) is 13.2 Å². The van der Waals surface area contributed by atoms with Crippen LogP contribution in [0.5, 0.6) is 5.75 Å². The number of carbonyl (C=O) groups excluding carboxylic acids is 1. The molecular weight excluding hydrogens is 322 g/mol. The number of rotatable bonds is 7. The second-order valence-corrected chi connectivity index (χ2v) is 5.10. The molecule has 1 amide bonds. The lowest BCUT2D eigenvalue weighted by Crippen LogP contribution is -2.25. The van der Waals surface area contributed by atoms with Crippen LogP contribution in [-0.2, 0) is 6.42 Å². The van der Waals surface area contributed by atoms with E-state index in [4.69, 9.17) is 25.9 Å². The number of aromatic carboxylic acids is 1. The number of nitrogens with one attached hydrogen (secondary N) is 1. The quantitative estimate of drug-likeness (QED) is 0.810. The molecule has 0 unspecified atom stereocenters. The number of hydrogen-bond donors (Lipinski definition) is 2. The zero-order valence-corrected chi connectivity index (χ0v) is 13.2. The number of ether oxygens (including phenoxy) is 1. The largest absolute Gasteiger partial charge is 0.494 e. The first kappa shape index (κ1) is 16.9. The lowest BCUT2D eigenvalue weighted by Gasteiger charge is -2.11. The van der Waals surface area contributed by atoms with E-state index in [2.05, 4.69) is 5.32 Å². The molecule has 0 saturated carbocycles. The third-order valence-corrected chi connectivity index (χ3v) is 3.28. The zero-order chi connectivity index (χ0) is 16.8. The van der Waals surface area contributed by atoms with Gasteiger partial charge in [-0.3, -0.25) is 4.79 Å². The van der Waals surface area contributed by atoms with Crippen LogP contribution in [0.3, 0.4) is 0 Å². The lowest BCUT2D eigenvalue weighted by atomic mass is 10.1. The number of furan rings is 1. The second-order valence-electron chi connectivity index (χ2n) is 4.66. The molecule has 0 radical (unpaired) electrons. The molecule has 0 spiro atoms. The molecule has 2 aromatic rings. The first-order valence-corrected chi connectivity index (χ1v) is 7.41. The fourth-order valence-electron chi connectivity index (χ4n) is 2.01. The predicted octanol–water partition coefficient (Wildman–Crippen LogP) is 3.00. The number of halogens is 1. The van der Waals surface area contributed by atoms with E-state index in [1.807, 2.05) is 6.92 Å². The summed E-state index contributed by atoms with van der Waals surface area (Å²) in [5.74, 6) is -1.29. The Kier molecular flexibility index (Phi) is 5.65. The Morgan fingerprint density at radius 2 is 2.00 bits per heavy atom. The van der Waals surface area contributed by atoms with Gasteiger partial charge in [0.2, 0.25) is 5.76 Å². The van der Waals surface area contributed by atoms with E-state index in [0.29, 0.717) is 24.6 Å². The molecule has 0 fully saturated rings. The van der Waals surface area contributed by atoms with Crippen molar-refractivity contribution in [1.29, 1.82) is 0 Å². The van der Waals surface area contributed by atoms with Gasteiger partial charge in [0.15, 0.2) is 5.76 Å². The van der Waals surface area contributed by atoms with Gasteiger partial charge >= 0.3 is 5.97 Å². The summed E-state index contributed by atoms with van der Waals surface area (Å²) in [6.07, 6.45) is 0.522. The molecule has 0 aliphatic rings. The first-order chi connectivity index (χ1) is 11.0. The van der Waals surface area contributed by atoms with Gasteiger partial charge in [0.1, 0.15) is 5.75 Å². The molecule has 0 atom stereocenters. The Hall–Kier alpha value is -2.47. The van der Waals surface area contributed by atoms with Gasteiger partial charge in [0.05, 0.1) is 6.61 Å². The first-order valence-electron chi connectivity index (χ1n) is 7.03. The SMILES string of the molecule is CCOc1ccc(Cl)cc1CCNC(=O)c1ccc(C(=O)O)o1. The standard InChI is InChI=1S/C16H16ClNO5/c1-2-22-12-4-3-11(17)9-10(12)7-8-18-15(19)13-5-6-14(23-13)16(20)21/h3-6,9H,2,7-8H2,1H3,(H,18,19)(H,20,21). The summed E-state index contributed by atoms with van der Waals surface area (Å²) in [6, 6.07) is 7.87. The Morgan fingerprint density at radius 1 is 1.26 bits per heavy atom. The molecule has 122 valence electrons. The maximum atomic E-state index is 11.9. The van der Waals surface area contributed by atoms with Crippen molar-refractivity contribution in [3.63, 3.8) is 0 Å². The van der Waals surface area contributed by atoms with E-state index in [0.717, 1.165) is 11.3 Å². The minimum atomic E-state index is -1.22. The summed E-state index contributed by atoms with van der Waals surface area (Å²) in [5, 5.41) is 12.0. The molecule has 1 heterocycles. The topological polar surface area (TPSA) is 88.8 Å². The molecule has 0 aliphatic carbocycles. The van der Waals surface area contributed by atoms with E-state index >= 15 is 0 Å². The smallest absolute Gasteiger partial charge is 0.371 e. The summed E-state index contributed by atoms with van der Waals surface area (Å²) in [5.41, 5.74) is 0.880. The van der Waals surface area contributed by atoms with Crippen LogP contribution in [0.1, 0.15) is 33.6 Å². The average molecular weight is 338 g/mol. The van der Waals surface area contributed by atoms with E-state index < -0.39 is 11.9 Å². The van der Waals surface area contributed by atoms with E-state index in [1.165, 1.54) is 12.1 Å². The van der Waals surface area contributed by atoms with Gasteiger partial charge < -0.3 is 19.6 Å². The molecule has 23 heavy (non-hydrogen) atoms. The number of hydrogen-bond acceptors (Lipinski definition) is 4. The molecule has 0 saturated heterocycles. The van der Waals surface area contributed by atoms with Crippen molar-refractivity contribution in [1.82, 2.24) is 5.32 Å². The Labute approximate surface area is 138 Å². The highest BCUT2D eigenvalue weighted by atomic mass is 35.5. The Bertz CT molecular complexity index is 710. The normalized spacial score (nSPS) is 10.3. The molecule has 2 rings (SSSR count). The van der Waals surface area contributed by atoms with Crippen molar-refractivity contribution < 1.29 is 23.8 Å². The van der Waals surface area contributed by atoms with Crippen molar-refractivity contribution in [2.45, 2.75) is 13.3 Å². The van der Waals surface area contributed by atoms with Crippen molar-refractivity contribution in [2.24, 2.45) is 0 Å². The molecule has 2 N–H and O–H groups in total. The highest BCUT2D eigenvalue weighted by molar-refractivity contribution is 6.30. The monoisotopic (exact) mass is 337 g/mol. The summed E-state index contributed by atoms with van der Waals surface area (Å²) < 4.78 is 10.4. The summed E-state index contributed by atoms with van der Waals surface area (Å²) in [7, 11) is 0. The highest BCUT2D eigenvalue weighted by Crippen LogP contribution is 2.23. The maximum Gasteiger partial charge on any atom is 0.371 e. The van der Waals surface area contributed by atoms with E-state index in [-0.39, 0.29) is 11.5 Å². The van der Waals surface area contributed by atoms with Gasteiger partial charge in [0, 0.05) is 11.6 Å². The molecular formula is C16H16ClNO5. The summed E-state index contributed by atoms with van der Waals surface area (Å²) in [6.45, 7) is 2.75. The lowest BCUT2D eigenvalue weighted by molar-refractivity contribution is 0.0659. The zero-order valence-electron chi connectivity index (χ0n) is 12.5. The van der Waals surface area contributed by atoms with Crippen molar-refractivity contribution >= 4 is 23.5 Å².